The van der Waals surface area contributed by atoms with Crippen molar-refractivity contribution in [2.75, 3.05) is 20.3 Å². The first kappa shape index (κ1) is 23.9. The first-order valence-corrected chi connectivity index (χ1v) is 12.6. The highest BCUT2D eigenvalue weighted by atomic mass is 32.2. The summed E-state index contributed by atoms with van der Waals surface area (Å²) in [7, 11) is -2.36. The Morgan fingerprint density at radius 3 is 2.50 bits per heavy atom. The molecule has 1 amide bonds. The Hall–Kier alpha value is -2.78. The van der Waals surface area contributed by atoms with E-state index >= 15 is 0 Å². The van der Waals surface area contributed by atoms with Gasteiger partial charge in [0.25, 0.3) is 15.9 Å². The second kappa shape index (κ2) is 10.7. The van der Waals surface area contributed by atoms with Crippen molar-refractivity contribution in [3.63, 3.8) is 0 Å². The Balaban J connectivity index is 1.88. The molecule has 0 spiro atoms. The zero-order chi connectivity index (χ0) is 23.1. The van der Waals surface area contributed by atoms with Crippen LogP contribution in [0.5, 0.6) is 11.5 Å². The van der Waals surface area contributed by atoms with Crippen LogP contribution in [0.2, 0.25) is 0 Å². The SMILES string of the molecule is CCCCOc1ccc(/C=C2\S/C(=N/S(=O)(=O)c3ccccc3)N(CC)C2=O)cc1OC. The van der Waals surface area contributed by atoms with E-state index in [1.54, 1.807) is 50.4 Å². The number of rotatable bonds is 9. The van der Waals surface area contributed by atoms with Gasteiger partial charge in [-0.25, -0.2) is 0 Å². The van der Waals surface area contributed by atoms with E-state index in [4.69, 9.17) is 9.47 Å². The van der Waals surface area contributed by atoms with Gasteiger partial charge >= 0.3 is 0 Å². The van der Waals surface area contributed by atoms with Crippen LogP contribution in [-0.2, 0) is 14.8 Å². The Kier molecular flexibility index (Phi) is 7.98. The summed E-state index contributed by atoms with van der Waals surface area (Å²) in [5.41, 5.74) is 0.740. The molecule has 0 N–H and O–H groups in total. The molecule has 0 aliphatic carbocycles. The van der Waals surface area contributed by atoms with Gasteiger partial charge in [0.1, 0.15) is 0 Å². The lowest BCUT2D eigenvalue weighted by atomic mass is 10.2. The molecular formula is C23H26N2O5S2. The van der Waals surface area contributed by atoms with Gasteiger partial charge in [-0.05, 0) is 61.0 Å². The molecule has 2 aromatic rings. The summed E-state index contributed by atoms with van der Waals surface area (Å²) in [6, 6.07) is 13.4. The van der Waals surface area contributed by atoms with Crippen molar-refractivity contribution in [3.05, 3.63) is 59.0 Å². The molecule has 1 fully saturated rings. The number of amidine groups is 1. The standard InChI is InChI=1S/C23H26N2O5S2/c1-4-6-14-30-19-13-12-17(15-20(19)29-3)16-21-22(26)25(5-2)23(31-21)24-32(27,28)18-10-8-7-9-11-18/h7-13,15-16H,4-6,14H2,1-3H3/b21-16-,24-23+. The van der Waals surface area contributed by atoms with Gasteiger partial charge in [0.05, 0.1) is 23.5 Å². The predicted molar refractivity (Wildman–Crippen MR) is 127 cm³/mol. The average molecular weight is 475 g/mol. The summed E-state index contributed by atoms with van der Waals surface area (Å²) in [4.78, 5) is 14.7. The number of carbonyl (C=O) groups is 1. The molecule has 7 nitrogen and oxygen atoms in total. The number of hydrogen-bond donors (Lipinski definition) is 0. The quantitative estimate of drug-likeness (QED) is 0.391. The molecule has 0 aromatic heterocycles. The number of ether oxygens (including phenoxy) is 2. The first-order chi connectivity index (χ1) is 15.4. The molecule has 170 valence electrons. The third-order valence-electron chi connectivity index (χ3n) is 4.68. The fourth-order valence-electron chi connectivity index (χ4n) is 2.97. The van der Waals surface area contributed by atoms with Crippen molar-refractivity contribution in [1.29, 1.82) is 0 Å². The largest absolute Gasteiger partial charge is 0.493 e. The molecule has 0 atom stereocenters. The van der Waals surface area contributed by atoms with Gasteiger partial charge in [-0.1, -0.05) is 37.6 Å². The van der Waals surface area contributed by atoms with Crippen LogP contribution >= 0.6 is 11.8 Å². The lowest BCUT2D eigenvalue weighted by Crippen LogP contribution is -2.29. The van der Waals surface area contributed by atoms with Gasteiger partial charge in [-0.3, -0.25) is 9.69 Å². The molecule has 9 heteroatoms. The number of benzene rings is 2. The van der Waals surface area contributed by atoms with E-state index in [0.29, 0.717) is 29.6 Å². The van der Waals surface area contributed by atoms with Crippen LogP contribution in [0.3, 0.4) is 0 Å². The number of nitrogens with zero attached hydrogens (tertiary/aromatic N) is 2. The van der Waals surface area contributed by atoms with Crippen LogP contribution in [0.1, 0.15) is 32.3 Å². The van der Waals surface area contributed by atoms with Crippen molar-refractivity contribution < 1.29 is 22.7 Å². The van der Waals surface area contributed by atoms with Crippen LogP contribution < -0.4 is 9.47 Å². The predicted octanol–water partition coefficient (Wildman–Crippen LogP) is 4.56. The van der Waals surface area contributed by atoms with E-state index in [0.717, 1.165) is 30.2 Å². The minimum Gasteiger partial charge on any atom is -0.493 e. The number of hydrogen-bond acceptors (Lipinski definition) is 6. The van der Waals surface area contributed by atoms with Crippen LogP contribution in [-0.4, -0.2) is 44.7 Å². The molecule has 2 aromatic carbocycles. The number of thioether (sulfide) groups is 1. The van der Waals surface area contributed by atoms with Gasteiger partial charge in [0, 0.05) is 6.54 Å². The fourth-order valence-corrected chi connectivity index (χ4v) is 5.24. The van der Waals surface area contributed by atoms with Crippen molar-refractivity contribution in [1.82, 2.24) is 4.90 Å². The van der Waals surface area contributed by atoms with Crippen molar-refractivity contribution in [3.8, 4) is 11.5 Å². The van der Waals surface area contributed by atoms with Crippen LogP contribution in [0.15, 0.2) is 62.7 Å². The molecule has 0 bridgehead atoms. The summed E-state index contributed by atoms with van der Waals surface area (Å²) < 4.78 is 40.4. The molecule has 0 unspecified atom stereocenters. The maximum absolute atomic E-state index is 12.9. The molecule has 0 saturated carbocycles. The summed E-state index contributed by atoms with van der Waals surface area (Å²) in [5.74, 6) is 0.917. The highest BCUT2D eigenvalue weighted by molar-refractivity contribution is 8.19. The van der Waals surface area contributed by atoms with E-state index in [2.05, 4.69) is 11.3 Å². The number of unbranched alkanes of at least 4 members (excludes halogenated alkanes) is 1. The third kappa shape index (κ3) is 5.52. The molecule has 1 aliphatic rings. The van der Waals surface area contributed by atoms with Crippen LogP contribution in [0.25, 0.3) is 6.08 Å². The fraction of sp³-hybridized carbons (Fsp3) is 0.304. The highest BCUT2D eigenvalue weighted by Gasteiger charge is 2.34. The maximum Gasteiger partial charge on any atom is 0.284 e. The Bertz CT molecular complexity index is 1130. The monoisotopic (exact) mass is 474 g/mol. The molecule has 1 heterocycles. The topological polar surface area (TPSA) is 85.3 Å². The average Bonchev–Trinajstić information content (AvgIpc) is 3.08. The normalized spacial score (nSPS) is 16.7. The van der Waals surface area contributed by atoms with Gasteiger partial charge in [0.15, 0.2) is 16.7 Å². The van der Waals surface area contributed by atoms with Crippen LogP contribution in [0.4, 0.5) is 0 Å². The Morgan fingerprint density at radius 1 is 1.09 bits per heavy atom. The van der Waals surface area contributed by atoms with E-state index in [-0.39, 0.29) is 16.0 Å². The zero-order valence-corrected chi connectivity index (χ0v) is 19.9. The van der Waals surface area contributed by atoms with Gasteiger partial charge < -0.3 is 9.47 Å². The smallest absolute Gasteiger partial charge is 0.284 e. The van der Waals surface area contributed by atoms with E-state index in [9.17, 15) is 13.2 Å². The molecular weight excluding hydrogens is 448 g/mol. The molecule has 32 heavy (non-hydrogen) atoms. The number of likely N-dealkylation sites (N-methyl/N-ethyl adjacent to an activating group) is 1. The number of amides is 1. The highest BCUT2D eigenvalue weighted by Crippen LogP contribution is 2.35. The number of methoxy groups -OCH3 is 1. The van der Waals surface area contributed by atoms with E-state index in [1.165, 1.54) is 17.0 Å². The van der Waals surface area contributed by atoms with Crippen molar-refractivity contribution in [2.24, 2.45) is 4.40 Å². The third-order valence-corrected chi connectivity index (χ3v) is 7.09. The lowest BCUT2D eigenvalue weighted by molar-refractivity contribution is -0.122. The summed E-state index contributed by atoms with van der Waals surface area (Å²) in [6.07, 6.45) is 3.68. The second-order valence-electron chi connectivity index (χ2n) is 6.93. The minimum absolute atomic E-state index is 0.0810. The maximum atomic E-state index is 12.9. The van der Waals surface area contributed by atoms with Crippen molar-refractivity contribution in [2.45, 2.75) is 31.6 Å². The summed E-state index contributed by atoms with van der Waals surface area (Å²) in [5, 5.41) is 0.138. The zero-order valence-electron chi connectivity index (χ0n) is 18.3. The Labute approximate surface area is 193 Å². The van der Waals surface area contributed by atoms with E-state index < -0.39 is 10.0 Å². The van der Waals surface area contributed by atoms with Gasteiger partial charge in [0.2, 0.25) is 0 Å². The second-order valence-corrected chi connectivity index (χ2v) is 9.55. The van der Waals surface area contributed by atoms with Crippen molar-refractivity contribution >= 4 is 38.9 Å². The van der Waals surface area contributed by atoms with E-state index in [1.807, 2.05) is 6.07 Å². The molecule has 3 rings (SSSR count). The molecule has 1 aliphatic heterocycles. The van der Waals surface area contributed by atoms with Gasteiger partial charge in [-0.2, -0.15) is 8.42 Å². The number of carbonyl (C=O) groups excluding carboxylic acids is 1. The summed E-state index contributed by atoms with van der Waals surface area (Å²) >= 11 is 1.04. The van der Waals surface area contributed by atoms with Crippen LogP contribution in [0, 0.1) is 0 Å². The summed E-state index contributed by atoms with van der Waals surface area (Å²) in [6.45, 7) is 4.77. The van der Waals surface area contributed by atoms with Gasteiger partial charge in [-0.15, -0.1) is 4.40 Å². The lowest BCUT2D eigenvalue weighted by Gasteiger charge is -2.12. The minimum atomic E-state index is -3.92. The molecule has 1 saturated heterocycles. The first-order valence-electron chi connectivity index (χ1n) is 10.3. The Morgan fingerprint density at radius 2 is 1.84 bits per heavy atom. The molecule has 0 radical (unpaired) electrons. The number of sulfonamides is 1.